The van der Waals surface area contributed by atoms with Crippen molar-refractivity contribution in [1.29, 1.82) is 0 Å². The molecule has 6 nitrogen and oxygen atoms in total. The lowest BCUT2D eigenvalue weighted by Crippen LogP contribution is -2.49. The number of rotatable bonds is 9. The van der Waals surface area contributed by atoms with Crippen molar-refractivity contribution in [3.8, 4) is 0 Å². The number of methoxy groups -OCH3 is 1. The maximum Gasteiger partial charge on any atom is 0.351 e. The number of ether oxygens (including phenoxy) is 2. The van der Waals surface area contributed by atoms with Crippen LogP contribution in [-0.2, 0) is 31.1 Å². The highest BCUT2D eigenvalue weighted by Crippen LogP contribution is 2.38. The highest BCUT2D eigenvalue weighted by atomic mass is 16.7. The predicted octanol–water partition coefficient (Wildman–Crippen LogP) is 3.75. The first-order valence-electron chi connectivity index (χ1n) is 9.43. The number of benzene rings is 2. The van der Waals surface area contributed by atoms with Crippen molar-refractivity contribution in [2.45, 2.75) is 37.4 Å². The number of aliphatic carboxylic acids is 1. The Morgan fingerprint density at radius 3 is 2.39 bits per heavy atom. The van der Waals surface area contributed by atoms with Crippen molar-refractivity contribution in [1.82, 2.24) is 0 Å². The molecule has 0 aromatic heterocycles. The van der Waals surface area contributed by atoms with Gasteiger partial charge in [0.2, 0.25) is 5.60 Å². The Balaban J connectivity index is 1.58. The van der Waals surface area contributed by atoms with Crippen LogP contribution in [0.2, 0.25) is 0 Å². The summed E-state index contributed by atoms with van der Waals surface area (Å²) in [6.07, 6.45) is 2.61. The van der Waals surface area contributed by atoms with Gasteiger partial charge in [-0.15, -0.1) is 0 Å². The topological polar surface area (TPSA) is 77.3 Å². The van der Waals surface area contributed by atoms with Gasteiger partial charge in [0.05, 0.1) is 6.61 Å². The molecule has 0 bridgehead atoms. The molecule has 3 rings (SSSR count). The fourth-order valence-electron chi connectivity index (χ4n) is 3.40. The van der Waals surface area contributed by atoms with E-state index in [1.54, 1.807) is 12.1 Å². The second-order valence-electron chi connectivity index (χ2n) is 6.67. The van der Waals surface area contributed by atoms with Crippen LogP contribution in [0.15, 0.2) is 65.8 Å². The van der Waals surface area contributed by atoms with Gasteiger partial charge >= 0.3 is 5.97 Å². The van der Waals surface area contributed by atoms with Crippen molar-refractivity contribution < 1.29 is 24.2 Å². The summed E-state index contributed by atoms with van der Waals surface area (Å²) in [5.41, 5.74) is 0.561. The first-order valence-corrected chi connectivity index (χ1v) is 9.43. The maximum atomic E-state index is 11.7. The molecule has 0 saturated heterocycles. The van der Waals surface area contributed by atoms with Crippen LogP contribution in [0.3, 0.4) is 0 Å². The van der Waals surface area contributed by atoms with Gasteiger partial charge in [-0.3, -0.25) is 0 Å². The lowest BCUT2D eigenvalue weighted by molar-refractivity contribution is -0.162. The van der Waals surface area contributed by atoms with E-state index in [0.29, 0.717) is 12.2 Å². The Morgan fingerprint density at radius 2 is 1.75 bits per heavy atom. The monoisotopic (exact) mass is 383 g/mol. The smallest absolute Gasteiger partial charge is 0.351 e. The number of carboxylic acid groups (broad SMARTS) is 1. The minimum atomic E-state index is -1.39. The van der Waals surface area contributed by atoms with Crippen LogP contribution < -0.4 is 0 Å². The normalized spacial score (nSPS) is 21.0. The molecule has 0 fully saturated rings. The van der Waals surface area contributed by atoms with E-state index in [0.717, 1.165) is 25.7 Å². The second-order valence-corrected chi connectivity index (χ2v) is 6.67. The standard InChI is InChI=1S/C22H25NO5/c1-26-22(18-14-8-3-9-15-18)19(20(24)25)28-23-21(22)27-16-10-4-7-13-17-11-5-2-6-12-17/h2-3,5-6,8-9,11-12,14-15,19H,4,7,10,13,16H2,1H3,(H,24,25). The van der Waals surface area contributed by atoms with E-state index in [9.17, 15) is 9.90 Å². The minimum absolute atomic E-state index is 0.150. The molecule has 2 aromatic rings. The van der Waals surface area contributed by atoms with Gasteiger partial charge in [0.15, 0.2) is 0 Å². The van der Waals surface area contributed by atoms with Gasteiger partial charge in [-0.1, -0.05) is 60.7 Å². The molecule has 28 heavy (non-hydrogen) atoms. The summed E-state index contributed by atoms with van der Waals surface area (Å²) in [6.45, 7) is 0.418. The van der Waals surface area contributed by atoms with E-state index in [4.69, 9.17) is 14.3 Å². The third kappa shape index (κ3) is 4.17. The zero-order valence-corrected chi connectivity index (χ0v) is 15.9. The molecule has 148 valence electrons. The number of nitrogens with zero attached hydrogens (tertiary/aromatic N) is 1. The molecule has 2 atom stereocenters. The molecule has 0 amide bonds. The molecule has 1 aliphatic heterocycles. The van der Waals surface area contributed by atoms with Gasteiger partial charge in [0, 0.05) is 7.11 Å². The van der Waals surface area contributed by atoms with Gasteiger partial charge in [-0.05, 0) is 42.0 Å². The van der Waals surface area contributed by atoms with E-state index in [1.807, 2.05) is 36.4 Å². The summed E-state index contributed by atoms with van der Waals surface area (Å²) in [5.74, 6) is -1.01. The average Bonchev–Trinajstić information content (AvgIpc) is 3.11. The average molecular weight is 383 g/mol. The van der Waals surface area contributed by atoms with E-state index >= 15 is 0 Å². The van der Waals surface area contributed by atoms with Crippen molar-refractivity contribution in [2.75, 3.05) is 13.7 Å². The van der Waals surface area contributed by atoms with Gasteiger partial charge in [-0.25, -0.2) is 4.79 Å². The lowest BCUT2D eigenvalue weighted by Gasteiger charge is -2.30. The van der Waals surface area contributed by atoms with Crippen molar-refractivity contribution >= 4 is 11.9 Å². The van der Waals surface area contributed by atoms with E-state index in [1.165, 1.54) is 12.7 Å². The van der Waals surface area contributed by atoms with Crippen LogP contribution in [0.4, 0.5) is 0 Å². The summed E-state index contributed by atoms with van der Waals surface area (Å²) in [6, 6.07) is 19.4. The maximum absolute atomic E-state index is 11.7. The third-order valence-corrected chi connectivity index (χ3v) is 4.87. The number of carbonyl (C=O) groups is 1. The van der Waals surface area contributed by atoms with Crippen LogP contribution in [0, 0.1) is 0 Å². The third-order valence-electron chi connectivity index (χ3n) is 4.87. The van der Waals surface area contributed by atoms with Gasteiger partial charge in [0.1, 0.15) is 0 Å². The van der Waals surface area contributed by atoms with Gasteiger partial charge in [0.25, 0.3) is 12.0 Å². The molecule has 2 unspecified atom stereocenters. The van der Waals surface area contributed by atoms with Crippen LogP contribution in [0.25, 0.3) is 0 Å². The first kappa shape index (κ1) is 19.9. The second kappa shape index (κ2) is 9.37. The zero-order chi connectivity index (χ0) is 19.8. The molecule has 1 N–H and O–H groups in total. The molecule has 0 radical (unpaired) electrons. The molecule has 6 heteroatoms. The molecule has 2 aromatic carbocycles. The number of aryl methyl sites for hydroxylation is 1. The summed E-state index contributed by atoms with van der Waals surface area (Å²) < 4.78 is 11.5. The van der Waals surface area contributed by atoms with Gasteiger partial charge < -0.3 is 19.4 Å². The number of unbranched alkanes of at least 4 members (excludes halogenated alkanes) is 2. The Kier molecular flexibility index (Phi) is 6.66. The summed E-state index contributed by atoms with van der Waals surface area (Å²) in [7, 11) is 1.44. The van der Waals surface area contributed by atoms with Crippen LogP contribution in [-0.4, -0.2) is 36.8 Å². The molecular weight excluding hydrogens is 358 g/mol. The van der Waals surface area contributed by atoms with E-state index in [-0.39, 0.29) is 5.90 Å². The van der Waals surface area contributed by atoms with Gasteiger partial charge in [-0.2, -0.15) is 0 Å². The molecule has 0 aliphatic carbocycles. The highest BCUT2D eigenvalue weighted by Gasteiger charge is 2.58. The highest BCUT2D eigenvalue weighted by molar-refractivity contribution is 5.94. The van der Waals surface area contributed by atoms with E-state index < -0.39 is 17.7 Å². The quantitative estimate of drug-likeness (QED) is 0.667. The van der Waals surface area contributed by atoms with Crippen LogP contribution in [0.1, 0.15) is 30.4 Å². The Morgan fingerprint density at radius 1 is 1.07 bits per heavy atom. The number of hydrogen-bond acceptors (Lipinski definition) is 5. The minimum Gasteiger partial charge on any atom is -0.478 e. The van der Waals surface area contributed by atoms with Crippen LogP contribution >= 0.6 is 0 Å². The Hall–Kier alpha value is -2.86. The molecule has 0 saturated carbocycles. The molecular formula is C22H25NO5. The number of oxime groups is 1. The van der Waals surface area contributed by atoms with Crippen molar-refractivity contribution in [3.05, 3.63) is 71.8 Å². The fraction of sp³-hybridized carbons (Fsp3) is 0.364. The largest absolute Gasteiger partial charge is 0.478 e. The van der Waals surface area contributed by atoms with Crippen molar-refractivity contribution in [3.63, 3.8) is 0 Å². The zero-order valence-electron chi connectivity index (χ0n) is 15.9. The van der Waals surface area contributed by atoms with E-state index in [2.05, 4.69) is 17.3 Å². The molecule has 1 aliphatic rings. The summed E-state index contributed by atoms with van der Waals surface area (Å²) >= 11 is 0. The fourth-order valence-corrected chi connectivity index (χ4v) is 3.40. The SMILES string of the molecule is COC1(c2ccccc2)C(OCCCCCc2ccccc2)=NOC1C(=O)O. The van der Waals surface area contributed by atoms with Crippen LogP contribution in [0.5, 0.6) is 0 Å². The van der Waals surface area contributed by atoms with Crippen molar-refractivity contribution in [2.24, 2.45) is 5.16 Å². The first-order chi connectivity index (χ1) is 13.7. The molecule has 0 spiro atoms. The number of hydrogen-bond donors (Lipinski definition) is 1. The predicted molar refractivity (Wildman–Crippen MR) is 105 cm³/mol. The Bertz CT molecular complexity index is 793. The summed E-state index contributed by atoms with van der Waals surface area (Å²) in [5, 5.41) is 13.5. The lowest BCUT2D eigenvalue weighted by atomic mass is 9.88. The molecule has 1 heterocycles. The summed E-state index contributed by atoms with van der Waals surface area (Å²) in [4.78, 5) is 16.9. The Labute approximate surface area is 164 Å². The number of carboxylic acids is 1.